The summed E-state index contributed by atoms with van der Waals surface area (Å²) in [5.74, 6) is 0. The number of anilines is 3. The molecule has 0 aromatic heterocycles. The maximum absolute atomic E-state index is 2.48. The highest BCUT2D eigenvalue weighted by atomic mass is 15.1. The molecule has 0 atom stereocenters. The SMILES string of the molecule is c1ccc(N(c2ccc(-c3cccc4ccccc34)cc2)c2ccc3c(c2)C2(c4ccccc4-c4ccccc42)c2ccc4ccccc4c2-3)cc1. The Morgan fingerprint density at radius 1 is 0.308 bits per heavy atom. The van der Waals surface area contributed by atoms with Crippen LogP contribution in [0.2, 0.25) is 0 Å². The number of hydrogen-bond acceptors (Lipinski definition) is 1. The molecule has 0 unspecified atom stereocenters. The Morgan fingerprint density at radius 3 is 1.62 bits per heavy atom. The lowest BCUT2D eigenvalue weighted by molar-refractivity contribution is 0.794. The fourth-order valence-electron chi connectivity index (χ4n) is 9.33. The molecule has 1 heteroatoms. The van der Waals surface area contributed by atoms with E-state index in [0.717, 1.165) is 17.1 Å². The first kappa shape index (κ1) is 29.1. The monoisotopic (exact) mass is 659 g/mol. The molecular weight excluding hydrogens is 627 g/mol. The summed E-state index contributed by atoms with van der Waals surface area (Å²) < 4.78 is 0. The first-order valence-corrected chi connectivity index (χ1v) is 18.1. The lowest BCUT2D eigenvalue weighted by Crippen LogP contribution is -2.26. The second kappa shape index (κ2) is 11.2. The summed E-state index contributed by atoms with van der Waals surface area (Å²) >= 11 is 0. The van der Waals surface area contributed by atoms with Crippen molar-refractivity contribution in [2.24, 2.45) is 0 Å². The van der Waals surface area contributed by atoms with Crippen LogP contribution in [-0.4, -0.2) is 0 Å². The highest BCUT2D eigenvalue weighted by Crippen LogP contribution is 2.64. The summed E-state index contributed by atoms with van der Waals surface area (Å²) in [6.45, 7) is 0. The fraction of sp³-hybridized carbons (Fsp3) is 0.0196. The first-order chi connectivity index (χ1) is 25.8. The molecule has 0 fully saturated rings. The summed E-state index contributed by atoms with van der Waals surface area (Å²) in [4.78, 5) is 2.41. The normalized spacial score (nSPS) is 13.2. The van der Waals surface area contributed by atoms with Crippen LogP contribution in [0.15, 0.2) is 200 Å². The van der Waals surface area contributed by atoms with Crippen LogP contribution in [0, 0.1) is 0 Å². The van der Waals surface area contributed by atoms with Gasteiger partial charge in [0.1, 0.15) is 0 Å². The van der Waals surface area contributed by atoms with E-state index in [-0.39, 0.29) is 0 Å². The van der Waals surface area contributed by atoms with Crippen LogP contribution in [0.1, 0.15) is 22.3 Å². The number of benzene rings is 9. The van der Waals surface area contributed by atoms with Gasteiger partial charge in [-0.15, -0.1) is 0 Å². The molecule has 0 saturated heterocycles. The average Bonchev–Trinajstić information content (AvgIpc) is 3.69. The van der Waals surface area contributed by atoms with Crippen LogP contribution in [0.4, 0.5) is 17.1 Å². The van der Waals surface area contributed by atoms with Gasteiger partial charge < -0.3 is 4.90 Å². The van der Waals surface area contributed by atoms with Gasteiger partial charge in [-0.1, -0.05) is 164 Å². The summed E-state index contributed by atoms with van der Waals surface area (Å²) in [5.41, 5.74) is 16.1. The van der Waals surface area contributed by atoms with Crippen molar-refractivity contribution in [2.75, 3.05) is 4.90 Å². The minimum Gasteiger partial charge on any atom is -0.310 e. The molecule has 0 saturated carbocycles. The van der Waals surface area contributed by atoms with Gasteiger partial charge in [0.2, 0.25) is 0 Å². The minimum atomic E-state index is -0.432. The van der Waals surface area contributed by atoms with Crippen LogP contribution < -0.4 is 4.90 Å². The van der Waals surface area contributed by atoms with Crippen LogP contribution in [0.25, 0.3) is 54.9 Å². The van der Waals surface area contributed by atoms with E-state index in [4.69, 9.17) is 0 Å². The third kappa shape index (κ3) is 3.99. The molecule has 0 amide bonds. The van der Waals surface area contributed by atoms with E-state index in [1.54, 1.807) is 0 Å². The Balaban J connectivity index is 1.15. The van der Waals surface area contributed by atoms with E-state index in [1.807, 2.05) is 0 Å². The third-order valence-electron chi connectivity index (χ3n) is 11.5. The molecule has 2 aliphatic carbocycles. The Bertz CT molecular complexity index is 2800. The molecule has 0 aliphatic heterocycles. The molecule has 9 aromatic rings. The second-order valence-corrected chi connectivity index (χ2v) is 14.0. The van der Waals surface area contributed by atoms with Crippen molar-refractivity contribution in [1.29, 1.82) is 0 Å². The lowest BCUT2D eigenvalue weighted by atomic mass is 9.70. The van der Waals surface area contributed by atoms with Crippen LogP contribution in [0.5, 0.6) is 0 Å². The van der Waals surface area contributed by atoms with Gasteiger partial charge in [0.15, 0.2) is 0 Å². The van der Waals surface area contributed by atoms with Gasteiger partial charge in [-0.2, -0.15) is 0 Å². The molecule has 0 bridgehead atoms. The molecule has 9 aromatic carbocycles. The molecule has 0 radical (unpaired) electrons. The number of nitrogens with zero attached hydrogens (tertiary/aromatic N) is 1. The van der Waals surface area contributed by atoms with E-state index in [2.05, 4.69) is 205 Å². The van der Waals surface area contributed by atoms with Crippen molar-refractivity contribution >= 4 is 38.6 Å². The summed E-state index contributed by atoms with van der Waals surface area (Å²) in [7, 11) is 0. The maximum atomic E-state index is 2.48. The Hall–Kier alpha value is -6.70. The quantitative estimate of drug-likeness (QED) is 0.182. The molecule has 52 heavy (non-hydrogen) atoms. The fourth-order valence-corrected chi connectivity index (χ4v) is 9.33. The zero-order chi connectivity index (χ0) is 34.2. The maximum Gasteiger partial charge on any atom is 0.0726 e. The van der Waals surface area contributed by atoms with E-state index < -0.39 is 5.41 Å². The molecule has 1 nitrogen and oxygen atoms in total. The van der Waals surface area contributed by atoms with Gasteiger partial charge >= 0.3 is 0 Å². The summed E-state index contributed by atoms with van der Waals surface area (Å²) in [6, 6.07) is 74.0. The molecule has 0 heterocycles. The van der Waals surface area contributed by atoms with Gasteiger partial charge in [-0.05, 0) is 114 Å². The predicted octanol–water partition coefficient (Wildman–Crippen LogP) is 13.5. The first-order valence-electron chi connectivity index (χ1n) is 18.1. The van der Waals surface area contributed by atoms with Crippen LogP contribution in [-0.2, 0) is 5.41 Å². The number of para-hydroxylation sites is 1. The third-order valence-corrected chi connectivity index (χ3v) is 11.5. The molecule has 2 aliphatic rings. The van der Waals surface area contributed by atoms with Crippen molar-refractivity contribution in [3.63, 3.8) is 0 Å². The van der Waals surface area contributed by atoms with E-state index in [1.165, 1.54) is 77.2 Å². The number of hydrogen-bond donors (Lipinski definition) is 0. The van der Waals surface area contributed by atoms with E-state index in [0.29, 0.717) is 0 Å². The van der Waals surface area contributed by atoms with E-state index >= 15 is 0 Å². The highest BCUT2D eigenvalue weighted by molar-refractivity contribution is 6.07. The van der Waals surface area contributed by atoms with Crippen molar-refractivity contribution < 1.29 is 0 Å². The molecule has 0 N–H and O–H groups in total. The van der Waals surface area contributed by atoms with Gasteiger partial charge in [0, 0.05) is 17.1 Å². The molecule has 242 valence electrons. The minimum absolute atomic E-state index is 0.432. The smallest absolute Gasteiger partial charge is 0.0726 e. The number of fused-ring (bicyclic) bond motifs is 13. The average molecular weight is 660 g/mol. The summed E-state index contributed by atoms with van der Waals surface area (Å²) in [5, 5.41) is 5.10. The van der Waals surface area contributed by atoms with E-state index in [9.17, 15) is 0 Å². The largest absolute Gasteiger partial charge is 0.310 e. The van der Waals surface area contributed by atoms with Crippen molar-refractivity contribution in [2.45, 2.75) is 5.41 Å². The van der Waals surface area contributed by atoms with Crippen molar-refractivity contribution in [3.8, 4) is 33.4 Å². The summed E-state index contributed by atoms with van der Waals surface area (Å²) in [6.07, 6.45) is 0. The van der Waals surface area contributed by atoms with Gasteiger partial charge in [0.05, 0.1) is 5.41 Å². The Labute approximate surface area is 303 Å². The Kier molecular flexibility index (Phi) is 6.23. The molecular formula is C51H33N. The van der Waals surface area contributed by atoms with Crippen LogP contribution in [0.3, 0.4) is 0 Å². The highest BCUT2D eigenvalue weighted by Gasteiger charge is 2.52. The standard InChI is InChI=1S/C51H33N/c1-2-16-37(17-3-1)52(38-28-25-36(26-29-38)41-22-12-15-34-13-4-6-18-40(34)41)39-30-31-45-49(33-39)51(48-32-27-35-14-5-7-19-42(35)50(45)48)46-23-10-8-20-43(46)44-21-9-11-24-47(44)51/h1-33H. The van der Waals surface area contributed by atoms with Gasteiger partial charge in [-0.25, -0.2) is 0 Å². The molecule has 11 rings (SSSR count). The zero-order valence-electron chi connectivity index (χ0n) is 28.5. The molecule has 1 spiro atoms. The van der Waals surface area contributed by atoms with Gasteiger partial charge in [0.25, 0.3) is 0 Å². The van der Waals surface area contributed by atoms with Crippen LogP contribution >= 0.6 is 0 Å². The predicted molar refractivity (Wildman–Crippen MR) is 218 cm³/mol. The van der Waals surface area contributed by atoms with Crippen molar-refractivity contribution in [1.82, 2.24) is 0 Å². The number of rotatable bonds is 4. The topological polar surface area (TPSA) is 3.24 Å². The second-order valence-electron chi connectivity index (χ2n) is 14.0. The lowest BCUT2D eigenvalue weighted by Gasteiger charge is -2.32. The van der Waals surface area contributed by atoms with Gasteiger partial charge in [-0.3, -0.25) is 0 Å². The zero-order valence-corrected chi connectivity index (χ0v) is 28.5. The van der Waals surface area contributed by atoms with Crippen molar-refractivity contribution in [3.05, 3.63) is 222 Å². The Morgan fingerprint density at radius 2 is 0.865 bits per heavy atom.